The predicted octanol–water partition coefficient (Wildman–Crippen LogP) is 1.91. The molecule has 1 fully saturated rings. The number of benzene rings is 1. The average molecular weight is 235 g/mol. The van der Waals surface area contributed by atoms with Gasteiger partial charge in [0, 0.05) is 18.5 Å². The van der Waals surface area contributed by atoms with Crippen LogP contribution in [-0.2, 0) is 0 Å². The summed E-state index contributed by atoms with van der Waals surface area (Å²) in [6.07, 6.45) is 3.88. The van der Waals surface area contributed by atoms with Crippen LogP contribution in [0.3, 0.4) is 0 Å². The van der Waals surface area contributed by atoms with Crippen LogP contribution in [0.15, 0.2) is 24.3 Å². The summed E-state index contributed by atoms with van der Waals surface area (Å²) in [7, 11) is 1.67. The number of aliphatic hydroxyl groups is 1. The number of ether oxygens (including phenoxy) is 1. The number of nitrogens with one attached hydrogen (secondary N) is 1. The van der Waals surface area contributed by atoms with Gasteiger partial charge >= 0.3 is 0 Å². The number of rotatable bonds is 6. The summed E-state index contributed by atoms with van der Waals surface area (Å²) in [5, 5.41) is 13.0. The molecule has 17 heavy (non-hydrogen) atoms. The summed E-state index contributed by atoms with van der Waals surface area (Å²) in [6, 6.07) is 8.61. The van der Waals surface area contributed by atoms with Crippen molar-refractivity contribution in [1.82, 2.24) is 5.32 Å². The molecule has 0 amide bonds. The molecule has 2 rings (SSSR count). The van der Waals surface area contributed by atoms with E-state index in [0.717, 1.165) is 17.9 Å². The van der Waals surface area contributed by atoms with Gasteiger partial charge in [-0.25, -0.2) is 0 Å². The maximum absolute atomic E-state index is 9.47. The van der Waals surface area contributed by atoms with Crippen LogP contribution >= 0.6 is 0 Å². The first-order chi connectivity index (χ1) is 8.33. The minimum Gasteiger partial charge on any atom is -0.497 e. The molecule has 0 aromatic heterocycles. The molecule has 1 unspecified atom stereocenters. The summed E-state index contributed by atoms with van der Waals surface area (Å²) < 4.78 is 5.21. The van der Waals surface area contributed by atoms with Gasteiger partial charge in [0.15, 0.2) is 0 Å². The van der Waals surface area contributed by atoms with E-state index in [1.54, 1.807) is 7.11 Å². The van der Waals surface area contributed by atoms with Gasteiger partial charge in [-0.15, -0.1) is 0 Å². The van der Waals surface area contributed by atoms with Crippen molar-refractivity contribution in [3.05, 3.63) is 29.8 Å². The summed E-state index contributed by atoms with van der Waals surface area (Å²) >= 11 is 0. The summed E-state index contributed by atoms with van der Waals surface area (Å²) in [5.74, 6) is 1.01. The third-order valence-corrected chi connectivity index (χ3v) is 3.54. The highest BCUT2D eigenvalue weighted by molar-refractivity contribution is 5.31. The van der Waals surface area contributed by atoms with Gasteiger partial charge in [0.05, 0.1) is 13.7 Å². The SMILES string of the molecule is COc1cccc(C(CO)CNC2CCC2)c1. The fraction of sp³-hybridized carbons (Fsp3) is 0.571. The van der Waals surface area contributed by atoms with Crippen LogP contribution in [0.2, 0.25) is 0 Å². The monoisotopic (exact) mass is 235 g/mol. The van der Waals surface area contributed by atoms with E-state index < -0.39 is 0 Å². The van der Waals surface area contributed by atoms with Crippen molar-refractivity contribution in [2.24, 2.45) is 0 Å². The normalized spacial score (nSPS) is 17.5. The van der Waals surface area contributed by atoms with Crippen molar-refractivity contribution >= 4 is 0 Å². The topological polar surface area (TPSA) is 41.5 Å². The molecule has 0 spiro atoms. The van der Waals surface area contributed by atoms with Crippen molar-refractivity contribution in [1.29, 1.82) is 0 Å². The van der Waals surface area contributed by atoms with E-state index in [9.17, 15) is 5.11 Å². The largest absolute Gasteiger partial charge is 0.497 e. The Bertz CT molecular complexity index is 350. The van der Waals surface area contributed by atoms with Gasteiger partial charge in [-0.3, -0.25) is 0 Å². The van der Waals surface area contributed by atoms with E-state index in [1.165, 1.54) is 19.3 Å². The Balaban J connectivity index is 1.94. The third-order valence-electron chi connectivity index (χ3n) is 3.54. The molecule has 3 heteroatoms. The van der Waals surface area contributed by atoms with E-state index >= 15 is 0 Å². The van der Waals surface area contributed by atoms with Crippen LogP contribution in [0.4, 0.5) is 0 Å². The zero-order valence-electron chi connectivity index (χ0n) is 10.4. The maximum atomic E-state index is 9.47. The Kier molecular flexibility index (Phi) is 4.40. The number of methoxy groups -OCH3 is 1. The molecule has 0 aliphatic heterocycles. The van der Waals surface area contributed by atoms with Crippen LogP contribution in [-0.4, -0.2) is 31.4 Å². The second kappa shape index (κ2) is 6.03. The molecule has 3 nitrogen and oxygen atoms in total. The Hall–Kier alpha value is -1.06. The van der Waals surface area contributed by atoms with Gasteiger partial charge in [0.2, 0.25) is 0 Å². The molecule has 0 saturated heterocycles. The Morgan fingerprint density at radius 3 is 2.88 bits per heavy atom. The van der Waals surface area contributed by atoms with Crippen molar-refractivity contribution in [2.75, 3.05) is 20.3 Å². The van der Waals surface area contributed by atoms with Crippen LogP contribution in [0, 0.1) is 0 Å². The summed E-state index contributed by atoms with van der Waals surface area (Å²) in [6.45, 7) is 1.02. The second-order valence-corrected chi connectivity index (χ2v) is 4.69. The summed E-state index contributed by atoms with van der Waals surface area (Å²) in [5.41, 5.74) is 1.14. The first kappa shape index (κ1) is 12.4. The van der Waals surface area contributed by atoms with Crippen molar-refractivity contribution in [3.8, 4) is 5.75 Å². The quantitative estimate of drug-likeness (QED) is 0.791. The fourth-order valence-electron chi connectivity index (χ4n) is 2.10. The molecule has 1 aliphatic carbocycles. The van der Waals surface area contributed by atoms with Crippen LogP contribution in [0.25, 0.3) is 0 Å². The molecule has 0 heterocycles. The lowest BCUT2D eigenvalue weighted by Gasteiger charge is -2.28. The van der Waals surface area contributed by atoms with Crippen molar-refractivity contribution in [2.45, 2.75) is 31.2 Å². The highest BCUT2D eigenvalue weighted by atomic mass is 16.5. The lowest BCUT2D eigenvalue weighted by atomic mass is 9.92. The van der Waals surface area contributed by atoms with Crippen LogP contribution in [0.1, 0.15) is 30.7 Å². The van der Waals surface area contributed by atoms with Crippen molar-refractivity contribution < 1.29 is 9.84 Å². The van der Waals surface area contributed by atoms with Crippen molar-refractivity contribution in [3.63, 3.8) is 0 Å². The number of hydrogen-bond donors (Lipinski definition) is 2. The minimum absolute atomic E-state index is 0.158. The van der Waals surface area contributed by atoms with E-state index in [-0.39, 0.29) is 12.5 Å². The zero-order valence-corrected chi connectivity index (χ0v) is 10.4. The zero-order chi connectivity index (χ0) is 12.1. The molecule has 1 aromatic rings. The molecular weight excluding hydrogens is 214 g/mol. The van der Waals surface area contributed by atoms with Crippen LogP contribution in [0.5, 0.6) is 5.75 Å². The van der Waals surface area contributed by atoms with Gasteiger partial charge in [0.1, 0.15) is 5.75 Å². The van der Waals surface area contributed by atoms with E-state index in [1.807, 2.05) is 24.3 Å². The maximum Gasteiger partial charge on any atom is 0.119 e. The molecule has 2 N–H and O–H groups in total. The lowest BCUT2D eigenvalue weighted by Crippen LogP contribution is -2.38. The average Bonchev–Trinajstić information content (AvgIpc) is 2.32. The van der Waals surface area contributed by atoms with Gasteiger partial charge < -0.3 is 15.2 Å². The standard InChI is InChI=1S/C14H21NO2/c1-17-14-7-2-4-11(8-14)12(10-16)9-15-13-5-3-6-13/h2,4,7-8,12-13,15-16H,3,5-6,9-10H2,1H3. The van der Waals surface area contributed by atoms with E-state index in [0.29, 0.717) is 6.04 Å². The molecule has 1 atom stereocenters. The minimum atomic E-state index is 0.158. The van der Waals surface area contributed by atoms with E-state index in [4.69, 9.17) is 4.74 Å². The Morgan fingerprint density at radius 2 is 2.29 bits per heavy atom. The fourth-order valence-corrected chi connectivity index (χ4v) is 2.10. The molecule has 94 valence electrons. The third kappa shape index (κ3) is 3.20. The highest BCUT2D eigenvalue weighted by Gasteiger charge is 2.19. The lowest BCUT2D eigenvalue weighted by molar-refractivity contribution is 0.247. The second-order valence-electron chi connectivity index (χ2n) is 4.69. The molecule has 1 saturated carbocycles. The Morgan fingerprint density at radius 1 is 1.47 bits per heavy atom. The summed E-state index contributed by atoms with van der Waals surface area (Å²) in [4.78, 5) is 0. The highest BCUT2D eigenvalue weighted by Crippen LogP contribution is 2.22. The smallest absolute Gasteiger partial charge is 0.119 e. The molecule has 1 aliphatic rings. The molecule has 1 aromatic carbocycles. The van der Waals surface area contributed by atoms with Crippen LogP contribution < -0.4 is 10.1 Å². The molecular formula is C14H21NO2. The van der Waals surface area contributed by atoms with Gasteiger partial charge in [-0.2, -0.15) is 0 Å². The molecule has 0 radical (unpaired) electrons. The molecule has 0 bridgehead atoms. The Labute approximate surface area is 103 Å². The predicted molar refractivity (Wildman–Crippen MR) is 68.5 cm³/mol. The van der Waals surface area contributed by atoms with Gasteiger partial charge in [-0.05, 0) is 30.5 Å². The van der Waals surface area contributed by atoms with Gasteiger partial charge in [-0.1, -0.05) is 18.6 Å². The first-order valence-corrected chi connectivity index (χ1v) is 6.31. The first-order valence-electron chi connectivity index (χ1n) is 6.31. The number of aliphatic hydroxyl groups excluding tert-OH is 1. The number of hydrogen-bond acceptors (Lipinski definition) is 3. The van der Waals surface area contributed by atoms with E-state index in [2.05, 4.69) is 5.32 Å². The van der Waals surface area contributed by atoms with Gasteiger partial charge in [0.25, 0.3) is 0 Å².